The summed E-state index contributed by atoms with van der Waals surface area (Å²) in [5.74, 6) is 0.946. The molecule has 10 heteroatoms. The van der Waals surface area contributed by atoms with Gasteiger partial charge in [0.25, 0.3) is 0 Å². The Balaban J connectivity index is 1.26. The van der Waals surface area contributed by atoms with E-state index in [1.807, 2.05) is 31.2 Å². The third-order valence-electron chi connectivity index (χ3n) is 5.76. The van der Waals surface area contributed by atoms with Crippen molar-refractivity contribution in [2.24, 2.45) is 5.92 Å². The lowest BCUT2D eigenvalue weighted by molar-refractivity contribution is -0.137. The minimum atomic E-state index is -4.39. The van der Waals surface area contributed by atoms with Crippen molar-refractivity contribution in [3.8, 4) is 11.4 Å². The van der Waals surface area contributed by atoms with Crippen molar-refractivity contribution in [1.29, 1.82) is 0 Å². The second-order valence-electron chi connectivity index (χ2n) is 8.53. The van der Waals surface area contributed by atoms with E-state index in [9.17, 15) is 18.0 Å². The van der Waals surface area contributed by atoms with Gasteiger partial charge in [-0.25, -0.2) is 4.79 Å². The number of nitrogens with zero attached hydrogens (tertiary/aromatic N) is 3. The van der Waals surface area contributed by atoms with Crippen molar-refractivity contribution >= 4 is 11.7 Å². The van der Waals surface area contributed by atoms with Crippen molar-refractivity contribution in [3.05, 3.63) is 65.5 Å². The summed E-state index contributed by atoms with van der Waals surface area (Å²) >= 11 is 0. The highest BCUT2D eigenvalue weighted by Crippen LogP contribution is 2.30. The fourth-order valence-electron chi connectivity index (χ4n) is 3.95. The predicted octanol–water partition coefficient (Wildman–Crippen LogP) is 5.10. The third-order valence-corrected chi connectivity index (χ3v) is 5.76. The van der Waals surface area contributed by atoms with Crippen LogP contribution < -0.4 is 10.6 Å². The van der Waals surface area contributed by atoms with Crippen LogP contribution in [0.15, 0.2) is 53.1 Å². The molecule has 2 heterocycles. The van der Waals surface area contributed by atoms with Crippen molar-refractivity contribution < 1.29 is 22.5 Å². The van der Waals surface area contributed by atoms with E-state index in [0.717, 1.165) is 49.3 Å². The van der Waals surface area contributed by atoms with Crippen LogP contribution in [0.4, 0.5) is 23.7 Å². The summed E-state index contributed by atoms with van der Waals surface area (Å²) in [6.45, 7) is 4.61. The number of nitrogens with one attached hydrogen (secondary N) is 2. The van der Waals surface area contributed by atoms with Crippen LogP contribution in [0, 0.1) is 12.8 Å². The van der Waals surface area contributed by atoms with Gasteiger partial charge in [-0.05, 0) is 56.5 Å². The molecular formula is C24H26F3N5O2. The van der Waals surface area contributed by atoms with Crippen LogP contribution in [-0.4, -0.2) is 40.7 Å². The Bertz CT molecular complexity index is 1100. The molecule has 2 aromatic carbocycles. The quantitative estimate of drug-likeness (QED) is 0.521. The number of urea groups is 1. The number of likely N-dealkylation sites (tertiary alicyclic amines) is 1. The molecule has 1 aromatic heterocycles. The summed E-state index contributed by atoms with van der Waals surface area (Å²) < 4.78 is 43.6. The maximum atomic E-state index is 12.7. The SMILES string of the molecule is Cc1ccc(NC(=O)NC[C@@H]2CCCN(Cc3nc(-c4ccc(C(F)(F)F)cc4)no3)C2)cc1. The van der Waals surface area contributed by atoms with Gasteiger partial charge in [0.05, 0.1) is 12.1 Å². The molecule has 2 amide bonds. The van der Waals surface area contributed by atoms with E-state index in [1.54, 1.807) is 0 Å². The van der Waals surface area contributed by atoms with Crippen LogP contribution in [0.3, 0.4) is 0 Å². The van der Waals surface area contributed by atoms with E-state index >= 15 is 0 Å². The number of carbonyl (C=O) groups is 1. The van der Waals surface area contributed by atoms with Crippen LogP contribution in [0.2, 0.25) is 0 Å². The van der Waals surface area contributed by atoms with Crippen LogP contribution in [0.25, 0.3) is 11.4 Å². The lowest BCUT2D eigenvalue weighted by atomic mass is 9.98. The zero-order valence-corrected chi connectivity index (χ0v) is 18.7. The van der Waals surface area contributed by atoms with Gasteiger partial charge in [-0.15, -0.1) is 0 Å². The van der Waals surface area contributed by atoms with E-state index < -0.39 is 11.7 Å². The van der Waals surface area contributed by atoms with Gasteiger partial charge in [-0.1, -0.05) is 35.0 Å². The van der Waals surface area contributed by atoms with Gasteiger partial charge in [-0.2, -0.15) is 18.2 Å². The minimum absolute atomic E-state index is 0.237. The molecule has 1 saturated heterocycles. The highest BCUT2D eigenvalue weighted by molar-refractivity contribution is 5.89. The number of aryl methyl sites for hydroxylation is 1. The van der Waals surface area contributed by atoms with Crippen molar-refractivity contribution in [1.82, 2.24) is 20.4 Å². The standard InChI is InChI=1S/C24H26F3N5O2/c1-16-4-10-20(11-5-16)29-23(33)28-13-17-3-2-12-32(14-17)15-21-30-22(31-34-21)18-6-8-19(9-7-18)24(25,26)27/h4-11,17H,2-3,12-15H2,1H3,(H2,28,29,33)/t17-/m0/s1. The summed E-state index contributed by atoms with van der Waals surface area (Å²) in [6, 6.07) is 12.0. The largest absolute Gasteiger partial charge is 0.416 e. The molecule has 0 aliphatic carbocycles. The van der Waals surface area contributed by atoms with E-state index in [0.29, 0.717) is 24.5 Å². The Kier molecular flexibility index (Phi) is 7.16. The van der Waals surface area contributed by atoms with Gasteiger partial charge in [0.2, 0.25) is 11.7 Å². The molecule has 0 spiro atoms. The number of hydrogen-bond acceptors (Lipinski definition) is 5. The number of alkyl halides is 3. The molecule has 1 aliphatic heterocycles. The Hall–Kier alpha value is -3.40. The zero-order valence-electron chi connectivity index (χ0n) is 18.7. The van der Waals surface area contributed by atoms with Gasteiger partial charge in [-0.3, -0.25) is 4.90 Å². The summed E-state index contributed by atoms with van der Waals surface area (Å²) in [5.41, 5.74) is 1.61. The number of amides is 2. The molecule has 1 fully saturated rings. The van der Waals surface area contributed by atoms with Crippen molar-refractivity contribution in [2.75, 3.05) is 25.0 Å². The Labute approximate surface area is 195 Å². The molecule has 0 saturated carbocycles. The normalized spacial score (nSPS) is 16.9. The maximum absolute atomic E-state index is 12.7. The summed E-state index contributed by atoms with van der Waals surface area (Å²) in [4.78, 5) is 18.7. The smallest absolute Gasteiger partial charge is 0.338 e. The number of rotatable bonds is 6. The molecule has 3 aromatic rings. The Morgan fingerprint density at radius 2 is 1.88 bits per heavy atom. The average Bonchev–Trinajstić information content (AvgIpc) is 3.27. The first-order valence-corrected chi connectivity index (χ1v) is 11.1. The van der Waals surface area contributed by atoms with Crippen LogP contribution in [-0.2, 0) is 12.7 Å². The van der Waals surface area contributed by atoms with Crippen molar-refractivity contribution in [3.63, 3.8) is 0 Å². The predicted molar refractivity (Wildman–Crippen MR) is 121 cm³/mol. The lowest BCUT2D eigenvalue weighted by Gasteiger charge is -2.31. The Morgan fingerprint density at radius 3 is 2.59 bits per heavy atom. The molecule has 0 bridgehead atoms. The van der Waals surface area contributed by atoms with Crippen molar-refractivity contribution in [2.45, 2.75) is 32.5 Å². The third kappa shape index (κ3) is 6.34. The van der Waals surface area contributed by atoms with E-state index in [2.05, 4.69) is 25.7 Å². The second kappa shape index (κ2) is 10.3. The number of aromatic nitrogens is 2. The molecule has 180 valence electrons. The summed E-state index contributed by atoms with van der Waals surface area (Å²) in [7, 11) is 0. The topological polar surface area (TPSA) is 83.3 Å². The highest BCUT2D eigenvalue weighted by atomic mass is 19.4. The second-order valence-corrected chi connectivity index (χ2v) is 8.53. The first-order chi connectivity index (χ1) is 16.3. The van der Waals surface area contributed by atoms with Crippen LogP contribution in [0.5, 0.6) is 0 Å². The average molecular weight is 473 g/mol. The number of halogens is 3. The molecule has 34 heavy (non-hydrogen) atoms. The lowest BCUT2D eigenvalue weighted by Crippen LogP contribution is -2.41. The number of piperidine rings is 1. The summed E-state index contributed by atoms with van der Waals surface area (Å²) in [6.07, 6.45) is -2.41. The van der Waals surface area contributed by atoms with Gasteiger partial charge < -0.3 is 15.2 Å². The number of hydrogen-bond donors (Lipinski definition) is 2. The molecule has 4 rings (SSSR count). The number of anilines is 1. The maximum Gasteiger partial charge on any atom is 0.416 e. The molecule has 1 atom stereocenters. The molecule has 0 unspecified atom stereocenters. The minimum Gasteiger partial charge on any atom is -0.338 e. The molecule has 0 radical (unpaired) electrons. The Morgan fingerprint density at radius 1 is 1.15 bits per heavy atom. The van der Waals surface area contributed by atoms with E-state index in [1.165, 1.54) is 12.1 Å². The first-order valence-electron chi connectivity index (χ1n) is 11.1. The number of benzene rings is 2. The molecule has 2 N–H and O–H groups in total. The molecular weight excluding hydrogens is 447 g/mol. The van der Waals surface area contributed by atoms with Crippen LogP contribution >= 0.6 is 0 Å². The summed E-state index contributed by atoms with van der Waals surface area (Å²) in [5, 5.41) is 9.67. The van der Waals surface area contributed by atoms with E-state index in [4.69, 9.17) is 4.52 Å². The van der Waals surface area contributed by atoms with Gasteiger partial charge >= 0.3 is 12.2 Å². The fourth-order valence-corrected chi connectivity index (χ4v) is 3.95. The van der Waals surface area contributed by atoms with E-state index in [-0.39, 0.29) is 17.8 Å². The van der Waals surface area contributed by atoms with Crippen LogP contribution in [0.1, 0.15) is 29.9 Å². The monoisotopic (exact) mass is 473 g/mol. The van der Waals surface area contributed by atoms with Gasteiger partial charge in [0.1, 0.15) is 0 Å². The zero-order chi connectivity index (χ0) is 24.1. The molecule has 7 nitrogen and oxygen atoms in total. The fraction of sp³-hybridized carbons (Fsp3) is 0.375. The van der Waals surface area contributed by atoms with Gasteiger partial charge in [0.15, 0.2) is 0 Å². The highest BCUT2D eigenvalue weighted by Gasteiger charge is 2.30. The first kappa shape index (κ1) is 23.7. The number of carbonyl (C=O) groups excluding carboxylic acids is 1. The molecule has 1 aliphatic rings. The van der Waals surface area contributed by atoms with Gasteiger partial charge in [0, 0.05) is 24.3 Å².